The van der Waals surface area contributed by atoms with Gasteiger partial charge in [-0.1, -0.05) is 102 Å². The summed E-state index contributed by atoms with van der Waals surface area (Å²) in [5, 5.41) is 0. The maximum atomic E-state index is 10.5. The number of rotatable bonds is 4. The summed E-state index contributed by atoms with van der Waals surface area (Å²) in [6, 6.07) is 36.8. The lowest BCUT2D eigenvalue weighted by molar-refractivity contribution is 0.112. The smallest absolute Gasteiger partial charge is 0.150 e. The van der Waals surface area contributed by atoms with Crippen molar-refractivity contribution < 1.29 is 4.79 Å². The molecule has 0 heterocycles. The monoisotopic (exact) mass is 382 g/mol. The van der Waals surface area contributed by atoms with Crippen molar-refractivity contribution >= 4 is 18.0 Å². The molecule has 138 valence electrons. The van der Waals surface area contributed by atoms with Crippen molar-refractivity contribution in [2.24, 2.45) is 0 Å². The van der Waals surface area contributed by atoms with Gasteiger partial charge < -0.3 is 0 Å². The van der Waals surface area contributed by atoms with Crippen molar-refractivity contribution in [3.8, 4) is 11.1 Å². The molecule has 2 heteroatoms. The Morgan fingerprint density at radius 1 is 0.571 bits per heavy atom. The van der Waals surface area contributed by atoms with Crippen LogP contribution < -0.4 is 0 Å². The van der Waals surface area contributed by atoms with E-state index >= 15 is 0 Å². The fourth-order valence-electron chi connectivity index (χ4n) is 2.61. The molecule has 0 amide bonds. The Kier molecular flexibility index (Phi) is 7.22. The lowest BCUT2D eigenvalue weighted by atomic mass is 10.0. The van der Waals surface area contributed by atoms with Crippen LogP contribution in [0.3, 0.4) is 0 Å². The highest BCUT2D eigenvalue weighted by Gasteiger charge is 1.97. The molecule has 0 fully saturated rings. The van der Waals surface area contributed by atoms with E-state index < -0.39 is 0 Å². The largest absolute Gasteiger partial charge is 0.298 e. The van der Waals surface area contributed by atoms with Gasteiger partial charge in [0.05, 0.1) is 0 Å². The van der Waals surface area contributed by atoms with E-state index in [4.69, 9.17) is 0 Å². The second-order valence-corrected chi connectivity index (χ2v) is 7.48. The van der Waals surface area contributed by atoms with Gasteiger partial charge in [0.15, 0.2) is 0 Å². The van der Waals surface area contributed by atoms with Crippen molar-refractivity contribution in [1.29, 1.82) is 0 Å². The fraction of sp³-hybridized carbons (Fsp3) is 0.0385. The Hall–Kier alpha value is -3.10. The summed E-state index contributed by atoms with van der Waals surface area (Å²) in [7, 11) is 0. The Bertz CT molecular complexity index is 939. The Balaban J connectivity index is 0.000000162. The summed E-state index contributed by atoms with van der Waals surface area (Å²) in [5.74, 6) is 0. The predicted molar refractivity (Wildman–Crippen MR) is 119 cm³/mol. The summed E-state index contributed by atoms with van der Waals surface area (Å²) in [6.45, 7) is 2.07. The number of aryl methyl sites for hydroxylation is 1. The summed E-state index contributed by atoms with van der Waals surface area (Å²) < 4.78 is 0. The number of aldehydes is 1. The molecule has 0 unspecified atom stereocenters. The van der Waals surface area contributed by atoms with E-state index in [0.29, 0.717) is 5.56 Å². The van der Waals surface area contributed by atoms with Gasteiger partial charge in [-0.15, -0.1) is 0 Å². The van der Waals surface area contributed by atoms with Gasteiger partial charge in [-0.3, -0.25) is 4.79 Å². The van der Waals surface area contributed by atoms with Gasteiger partial charge in [-0.05, 0) is 42.3 Å². The predicted octanol–water partition coefficient (Wildman–Crippen LogP) is 7.31. The molecule has 0 aromatic heterocycles. The van der Waals surface area contributed by atoms with E-state index in [-0.39, 0.29) is 0 Å². The zero-order valence-corrected chi connectivity index (χ0v) is 16.6. The number of hydrogen-bond donors (Lipinski definition) is 0. The molecular formula is C26H22OS. The van der Waals surface area contributed by atoms with E-state index in [0.717, 1.165) is 11.8 Å². The summed E-state index contributed by atoms with van der Waals surface area (Å²) in [6.07, 6.45) is 0.860. The molecule has 1 nitrogen and oxygen atoms in total. The first-order chi connectivity index (χ1) is 13.7. The number of carbonyl (C=O) groups is 1. The molecule has 0 spiro atoms. The van der Waals surface area contributed by atoms with E-state index in [1.807, 2.05) is 36.4 Å². The van der Waals surface area contributed by atoms with Crippen LogP contribution in [0, 0.1) is 6.92 Å². The van der Waals surface area contributed by atoms with Gasteiger partial charge in [-0.2, -0.15) is 0 Å². The first-order valence-corrected chi connectivity index (χ1v) is 9.96. The minimum atomic E-state index is 0.714. The normalized spacial score (nSPS) is 9.89. The van der Waals surface area contributed by atoms with Gasteiger partial charge in [0.1, 0.15) is 6.29 Å². The van der Waals surface area contributed by atoms with E-state index in [1.54, 1.807) is 11.8 Å². The van der Waals surface area contributed by atoms with Crippen molar-refractivity contribution in [2.45, 2.75) is 16.7 Å². The van der Waals surface area contributed by atoms with Gasteiger partial charge in [0, 0.05) is 15.4 Å². The van der Waals surface area contributed by atoms with E-state index in [9.17, 15) is 4.79 Å². The van der Waals surface area contributed by atoms with Crippen LogP contribution in [0.4, 0.5) is 0 Å². The number of benzene rings is 4. The summed E-state index contributed by atoms with van der Waals surface area (Å²) in [4.78, 5) is 13.1. The molecule has 0 atom stereocenters. The molecule has 0 saturated carbocycles. The van der Waals surface area contributed by atoms with Crippen LogP contribution in [0.2, 0.25) is 0 Å². The molecule has 4 aromatic rings. The fourth-order valence-corrected chi connectivity index (χ4v) is 3.47. The van der Waals surface area contributed by atoms with Crippen LogP contribution in [0.25, 0.3) is 11.1 Å². The molecular weight excluding hydrogens is 360 g/mol. The van der Waals surface area contributed by atoms with Crippen molar-refractivity contribution in [2.75, 3.05) is 0 Å². The van der Waals surface area contributed by atoms with Crippen LogP contribution in [0.1, 0.15) is 15.9 Å². The molecule has 0 saturated heterocycles. The van der Waals surface area contributed by atoms with Crippen LogP contribution >= 0.6 is 11.8 Å². The molecule has 0 aliphatic rings. The lowest BCUT2D eigenvalue weighted by Gasteiger charge is -2.02. The second-order valence-electron chi connectivity index (χ2n) is 6.33. The third kappa shape index (κ3) is 5.97. The van der Waals surface area contributed by atoms with Crippen LogP contribution in [-0.2, 0) is 0 Å². The maximum Gasteiger partial charge on any atom is 0.150 e. The molecule has 28 heavy (non-hydrogen) atoms. The van der Waals surface area contributed by atoms with E-state index in [2.05, 4.69) is 79.7 Å². The lowest BCUT2D eigenvalue weighted by Crippen LogP contribution is -1.81. The summed E-state index contributed by atoms with van der Waals surface area (Å²) in [5.41, 5.74) is 4.28. The molecule has 4 aromatic carbocycles. The van der Waals surface area contributed by atoms with Crippen molar-refractivity contribution in [1.82, 2.24) is 0 Å². The number of carbonyl (C=O) groups excluding carboxylic acids is 1. The standard InChI is InChI=1S/C14H12O.C12H10S/c1-11-2-6-13(7-3-11)14-8-4-12(10-15)5-9-14;1-3-7-11(8-4-1)13-12-9-5-2-6-10-12/h2-10H,1H3;1-10H. The zero-order chi connectivity index (χ0) is 19.6. The highest BCUT2D eigenvalue weighted by atomic mass is 32.2. The molecule has 4 rings (SSSR count). The van der Waals surface area contributed by atoms with Crippen molar-refractivity contribution in [3.05, 3.63) is 120 Å². The quantitative estimate of drug-likeness (QED) is 0.344. The minimum absolute atomic E-state index is 0.714. The van der Waals surface area contributed by atoms with Gasteiger partial charge >= 0.3 is 0 Å². The Morgan fingerprint density at radius 3 is 1.43 bits per heavy atom. The van der Waals surface area contributed by atoms with Crippen molar-refractivity contribution in [3.63, 3.8) is 0 Å². The zero-order valence-electron chi connectivity index (χ0n) is 15.8. The van der Waals surface area contributed by atoms with E-state index in [1.165, 1.54) is 20.9 Å². The third-order valence-electron chi connectivity index (χ3n) is 4.15. The van der Waals surface area contributed by atoms with Gasteiger partial charge in [-0.25, -0.2) is 0 Å². The first-order valence-electron chi connectivity index (χ1n) is 9.15. The average molecular weight is 383 g/mol. The van der Waals surface area contributed by atoms with Crippen LogP contribution in [-0.4, -0.2) is 6.29 Å². The molecule has 0 radical (unpaired) electrons. The molecule has 0 bridgehead atoms. The SMILES string of the molecule is Cc1ccc(-c2ccc(C=O)cc2)cc1.c1ccc(Sc2ccccc2)cc1. The number of hydrogen-bond acceptors (Lipinski definition) is 2. The summed E-state index contributed by atoms with van der Waals surface area (Å²) >= 11 is 1.79. The maximum absolute atomic E-state index is 10.5. The third-order valence-corrected chi connectivity index (χ3v) is 5.17. The van der Waals surface area contributed by atoms with Crippen LogP contribution in [0.5, 0.6) is 0 Å². The Morgan fingerprint density at radius 2 is 1.00 bits per heavy atom. The van der Waals surface area contributed by atoms with Crippen LogP contribution in [0.15, 0.2) is 119 Å². The molecule has 0 aliphatic heterocycles. The molecule has 0 N–H and O–H groups in total. The topological polar surface area (TPSA) is 17.1 Å². The first kappa shape index (κ1) is 19.7. The molecule has 0 aliphatic carbocycles. The van der Waals surface area contributed by atoms with Gasteiger partial charge in [0.2, 0.25) is 0 Å². The second kappa shape index (κ2) is 10.3. The van der Waals surface area contributed by atoms with Gasteiger partial charge in [0.25, 0.3) is 0 Å². The highest BCUT2D eigenvalue weighted by Crippen LogP contribution is 2.26. The Labute approximate surface area is 171 Å². The highest BCUT2D eigenvalue weighted by molar-refractivity contribution is 7.99. The minimum Gasteiger partial charge on any atom is -0.298 e. The average Bonchev–Trinajstić information content (AvgIpc) is 2.76.